The summed E-state index contributed by atoms with van der Waals surface area (Å²) in [5.41, 5.74) is 1.41. The standard InChI is InChI=1S/C9H13N.H2O/c1-10(2)8-9-6-4-3-5-7-9;/h3-7H,8H2,1-2H3;1H2. The first-order valence-electron chi connectivity index (χ1n) is 3.62. The molecule has 0 bridgehead atoms. The number of quaternary nitrogens is 1. The fraction of sp³-hybridized carbons (Fsp3) is 0.333. The molecule has 62 valence electrons. The fourth-order valence-corrected chi connectivity index (χ4v) is 1.00. The third-order valence-corrected chi connectivity index (χ3v) is 1.40. The molecule has 2 nitrogen and oxygen atoms in total. The van der Waals surface area contributed by atoms with Crippen LogP contribution in [0, 0.1) is 0 Å². The molecular weight excluding hydrogens is 138 g/mol. The van der Waals surface area contributed by atoms with Crippen LogP contribution >= 0.6 is 0 Å². The summed E-state index contributed by atoms with van der Waals surface area (Å²) in [6, 6.07) is 10.5. The topological polar surface area (TPSA) is 34.4 Å². The second kappa shape index (κ2) is 4.88. The molecule has 0 saturated carbocycles. The first-order chi connectivity index (χ1) is 4.79. The molecule has 0 radical (unpaired) electrons. The van der Waals surface area contributed by atoms with E-state index in [0.29, 0.717) is 0 Å². The Kier molecular flexibility index (Phi) is 4.50. The quantitative estimate of drug-likeness (QED) is 0.645. The highest BCUT2D eigenvalue weighted by molar-refractivity contribution is 5.12. The van der Waals surface area contributed by atoms with Crippen molar-refractivity contribution < 1.29 is 10.4 Å². The number of benzene rings is 1. The van der Waals surface area contributed by atoms with Crippen LogP contribution in [0.1, 0.15) is 5.56 Å². The van der Waals surface area contributed by atoms with E-state index in [9.17, 15) is 0 Å². The molecule has 0 heterocycles. The lowest BCUT2D eigenvalue weighted by Crippen LogP contribution is -3.04. The predicted octanol–water partition coefficient (Wildman–Crippen LogP) is 0.154. The van der Waals surface area contributed by atoms with Crippen LogP contribution in [-0.2, 0) is 6.54 Å². The van der Waals surface area contributed by atoms with E-state index < -0.39 is 0 Å². The molecule has 0 amide bonds. The molecule has 0 atom stereocenters. The zero-order valence-corrected chi connectivity index (χ0v) is 7.04. The predicted molar refractivity (Wildman–Crippen MR) is 44.9 cm³/mol. The van der Waals surface area contributed by atoms with Crippen molar-refractivity contribution in [3.63, 3.8) is 0 Å². The highest BCUT2D eigenvalue weighted by Gasteiger charge is 1.93. The van der Waals surface area contributed by atoms with Gasteiger partial charge in [0.1, 0.15) is 6.54 Å². The van der Waals surface area contributed by atoms with Crippen molar-refractivity contribution in [3.8, 4) is 0 Å². The number of hydrogen-bond donors (Lipinski definition) is 1. The molecule has 1 rings (SSSR count). The van der Waals surface area contributed by atoms with E-state index in [-0.39, 0.29) is 5.48 Å². The Balaban J connectivity index is 0.000001000. The third kappa shape index (κ3) is 3.75. The van der Waals surface area contributed by atoms with Gasteiger partial charge in [0, 0.05) is 5.56 Å². The maximum absolute atomic E-state index is 2.16. The molecule has 0 saturated heterocycles. The molecule has 0 aliphatic carbocycles. The van der Waals surface area contributed by atoms with E-state index in [1.807, 2.05) is 0 Å². The normalized spacial score (nSPS) is 9.36. The molecule has 1 aromatic carbocycles. The summed E-state index contributed by atoms with van der Waals surface area (Å²) in [5, 5.41) is 0. The molecule has 11 heavy (non-hydrogen) atoms. The van der Waals surface area contributed by atoms with Crippen LogP contribution in [0.3, 0.4) is 0 Å². The average molecular weight is 153 g/mol. The Morgan fingerprint density at radius 1 is 1.09 bits per heavy atom. The van der Waals surface area contributed by atoms with Crippen LogP contribution in [0.2, 0.25) is 0 Å². The summed E-state index contributed by atoms with van der Waals surface area (Å²) in [4.78, 5) is 1.46. The van der Waals surface area contributed by atoms with Crippen molar-refractivity contribution in [3.05, 3.63) is 35.9 Å². The van der Waals surface area contributed by atoms with Gasteiger partial charge in [-0.05, 0) is 0 Å². The lowest BCUT2D eigenvalue weighted by molar-refractivity contribution is -0.872. The minimum absolute atomic E-state index is 0. The van der Waals surface area contributed by atoms with E-state index in [1.54, 1.807) is 0 Å². The average Bonchev–Trinajstić information content (AvgIpc) is 1.88. The van der Waals surface area contributed by atoms with Crippen molar-refractivity contribution in [1.82, 2.24) is 0 Å². The monoisotopic (exact) mass is 153 g/mol. The van der Waals surface area contributed by atoms with E-state index in [2.05, 4.69) is 44.4 Å². The Labute approximate surface area is 67.8 Å². The number of hydrogen-bond acceptors (Lipinski definition) is 1. The molecular formula is C9H15NO. The lowest BCUT2D eigenvalue weighted by Gasteiger charge is -2.05. The highest BCUT2D eigenvalue weighted by Crippen LogP contribution is 1.94. The highest BCUT2D eigenvalue weighted by atomic mass is 16.0. The van der Waals surface area contributed by atoms with Crippen molar-refractivity contribution in [1.29, 1.82) is 0 Å². The SMILES string of the molecule is C[NH+](C)Cc1ccccc1.[OH-]. The number of nitrogens with one attached hydrogen (secondary N) is 1. The Morgan fingerprint density at radius 2 is 1.64 bits per heavy atom. The van der Waals surface area contributed by atoms with Gasteiger partial charge in [0.2, 0.25) is 0 Å². The molecule has 2 N–H and O–H groups in total. The zero-order chi connectivity index (χ0) is 7.40. The maximum Gasteiger partial charge on any atom is 0.102 e. The van der Waals surface area contributed by atoms with Crippen molar-refractivity contribution in [2.75, 3.05) is 14.1 Å². The summed E-state index contributed by atoms with van der Waals surface area (Å²) >= 11 is 0. The molecule has 0 aliphatic heterocycles. The van der Waals surface area contributed by atoms with E-state index in [0.717, 1.165) is 6.54 Å². The largest absolute Gasteiger partial charge is 0.870 e. The van der Waals surface area contributed by atoms with Gasteiger partial charge in [0.15, 0.2) is 0 Å². The minimum atomic E-state index is 0. The second-order valence-corrected chi connectivity index (χ2v) is 2.87. The molecule has 0 spiro atoms. The van der Waals surface area contributed by atoms with Crippen LogP contribution < -0.4 is 4.90 Å². The maximum atomic E-state index is 2.16. The molecule has 2 heteroatoms. The molecule has 0 unspecified atom stereocenters. The van der Waals surface area contributed by atoms with Gasteiger partial charge in [-0.2, -0.15) is 0 Å². The molecule has 0 aromatic heterocycles. The number of rotatable bonds is 2. The molecule has 1 aromatic rings. The van der Waals surface area contributed by atoms with Gasteiger partial charge in [-0.25, -0.2) is 0 Å². The van der Waals surface area contributed by atoms with Gasteiger partial charge in [-0.15, -0.1) is 0 Å². The van der Waals surface area contributed by atoms with Crippen molar-refractivity contribution in [2.24, 2.45) is 0 Å². The van der Waals surface area contributed by atoms with Crippen LogP contribution in [0.15, 0.2) is 30.3 Å². The van der Waals surface area contributed by atoms with E-state index in [4.69, 9.17) is 0 Å². The lowest BCUT2D eigenvalue weighted by atomic mass is 10.2. The van der Waals surface area contributed by atoms with Gasteiger partial charge in [-0.3, -0.25) is 0 Å². The Bertz CT molecular complexity index is 184. The smallest absolute Gasteiger partial charge is 0.102 e. The van der Waals surface area contributed by atoms with Crippen LogP contribution in [-0.4, -0.2) is 19.6 Å². The van der Waals surface area contributed by atoms with E-state index >= 15 is 0 Å². The zero-order valence-electron chi connectivity index (χ0n) is 7.04. The fourth-order valence-electron chi connectivity index (χ4n) is 1.00. The molecule has 0 fully saturated rings. The molecule has 0 aliphatic rings. The van der Waals surface area contributed by atoms with Gasteiger partial charge in [-0.1, -0.05) is 30.3 Å². The van der Waals surface area contributed by atoms with Crippen LogP contribution in [0.4, 0.5) is 0 Å². The van der Waals surface area contributed by atoms with E-state index in [1.165, 1.54) is 10.5 Å². The first kappa shape index (κ1) is 10.1. The summed E-state index contributed by atoms with van der Waals surface area (Å²) in [5.74, 6) is 0. The van der Waals surface area contributed by atoms with Gasteiger partial charge in [0.05, 0.1) is 14.1 Å². The first-order valence-corrected chi connectivity index (χ1v) is 3.62. The van der Waals surface area contributed by atoms with Crippen LogP contribution in [0.5, 0.6) is 0 Å². The third-order valence-electron chi connectivity index (χ3n) is 1.40. The Morgan fingerprint density at radius 3 is 2.09 bits per heavy atom. The summed E-state index contributed by atoms with van der Waals surface area (Å²) in [6.07, 6.45) is 0. The van der Waals surface area contributed by atoms with Crippen LogP contribution in [0.25, 0.3) is 0 Å². The minimum Gasteiger partial charge on any atom is -0.870 e. The summed E-state index contributed by atoms with van der Waals surface area (Å²) < 4.78 is 0. The summed E-state index contributed by atoms with van der Waals surface area (Å²) in [7, 11) is 4.32. The van der Waals surface area contributed by atoms with Crippen molar-refractivity contribution >= 4 is 0 Å². The summed E-state index contributed by atoms with van der Waals surface area (Å²) in [6.45, 7) is 1.11. The van der Waals surface area contributed by atoms with Crippen molar-refractivity contribution in [2.45, 2.75) is 6.54 Å². The van der Waals surface area contributed by atoms with Gasteiger partial charge >= 0.3 is 0 Å². The Hall–Kier alpha value is -0.860. The second-order valence-electron chi connectivity index (χ2n) is 2.87. The van der Waals surface area contributed by atoms with Gasteiger partial charge < -0.3 is 10.4 Å². The van der Waals surface area contributed by atoms with Gasteiger partial charge in [0.25, 0.3) is 0 Å².